The highest BCUT2D eigenvalue weighted by atomic mass is 35.5. The van der Waals surface area contributed by atoms with Gasteiger partial charge >= 0.3 is 0 Å². The summed E-state index contributed by atoms with van der Waals surface area (Å²) in [6.45, 7) is 9.70. The van der Waals surface area contributed by atoms with Crippen molar-refractivity contribution < 1.29 is 9.53 Å². The topological polar surface area (TPSA) is 50.4 Å². The molecule has 2 unspecified atom stereocenters. The van der Waals surface area contributed by atoms with Crippen molar-refractivity contribution in [2.24, 2.45) is 11.8 Å². The summed E-state index contributed by atoms with van der Waals surface area (Å²) in [5, 5.41) is 6.34. The van der Waals surface area contributed by atoms with Crippen LogP contribution in [0.25, 0.3) is 0 Å². The van der Waals surface area contributed by atoms with Gasteiger partial charge in [0.05, 0.1) is 0 Å². The summed E-state index contributed by atoms with van der Waals surface area (Å²) in [5.74, 6) is 1.21. The molecular formula is C14H29ClN2O2. The van der Waals surface area contributed by atoms with Gasteiger partial charge in [-0.2, -0.15) is 0 Å². The molecule has 5 heteroatoms. The van der Waals surface area contributed by atoms with Crippen LogP contribution >= 0.6 is 12.4 Å². The molecule has 4 nitrogen and oxygen atoms in total. The summed E-state index contributed by atoms with van der Waals surface area (Å²) in [6, 6.07) is 0. The van der Waals surface area contributed by atoms with Crippen LogP contribution in [-0.4, -0.2) is 38.3 Å². The molecule has 1 rings (SSSR count). The Morgan fingerprint density at radius 2 is 2.16 bits per heavy atom. The van der Waals surface area contributed by atoms with E-state index in [4.69, 9.17) is 4.74 Å². The van der Waals surface area contributed by atoms with Crippen molar-refractivity contribution in [2.45, 2.75) is 46.1 Å². The molecule has 1 amide bonds. The van der Waals surface area contributed by atoms with Gasteiger partial charge in [-0.1, -0.05) is 13.8 Å². The number of halogens is 1. The molecular weight excluding hydrogens is 264 g/mol. The highest BCUT2D eigenvalue weighted by Crippen LogP contribution is 2.08. The molecule has 1 saturated heterocycles. The van der Waals surface area contributed by atoms with Crippen LogP contribution in [0.3, 0.4) is 0 Å². The maximum absolute atomic E-state index is 11.8. The molecule has 0 saturated carbocycles. The number of hydrogen-bond acceptors (Lipinski definition) is 3. The minimum Gasteiger partial charge on any atom is -0.369 e. The van der Waals surface area contributed by atoms with Gasteiger partial charge in [-0.3, -0.25) is 4.79 Å². The van der Waals surface area contributed by atoms with Crippen molar-refractivity contribution in [1.82, 2.24) is 10.6 Å². The molecule has 0 aliphatic carbocycles. The second-order valence-electron chi connectivity index (χ2n) is 5.65. The van der Waals surface area contributed by atoms with Gasteiger partial charge < -0.3 is 15.4 Å². The Kier molecular flexibility index (Phi) is 10.3. The lowest BCUT2D eigenvalue weighted by Gasteiger charge is -2.23. The van der Waals surface area contributed by atoms with E-state index in [0.29, 0.717) is 18.4 Å². The Balaban J connectivity index is 0.00000324. The van der Waals surface area contributed by atoms with Gasteiger partial charge in [-0.25, -0.2) is 0 Å². The molecule has 1 heterocycles. The normalized spacial score (nSPS) is 20.7. The molecule has 2 atom stereocenters. The van der Waals surface area contributed by atoms with Crippen molar-refractivity contribution in [1.29, 1.82) is 0 Å². The van der Waals surface area contributed by atoms with Crippen LogP contribution in [0.15, 0.2) is 0 Å². The third-order valence-electron chi connectivity index (χ3n) is 3.40. The summed E-state index contributed by atoms with van der Waals surface area (Å²) in [4.78, 5) is 11.8. The van der Waals surface area contributed by atoms with Crippen molar-refractivity contribution in [3.05, 3.63) is 0 Å². The molecule has 0 spiro atoms. The number of ether oxygens (including phenoxy) is 1. The van der Waals surface area contributed by atoms with Gasteiger partial charge in [0.1, 0.15) is 6.10 Å². The Bertz CT molecular complexity index is 244. The van der Waals surface area contributed by atoms with E-state index in [1.807, 2.05) is 6.92 Å². The van der Waals surface area contributed by atoms with E-state index in [-0.39, 0.29) is 24.4 Å². The van der Waals surface area contributed by atoms with E-state index in [2.05, 4.69) is 24.5 Å². The second kappa shape index (κ2) is 10.5. The fourth-order valence-electron chi connectivity index (χ4n) is 2.04. The van der Waals surface area contributed by atoms with E-state index in [0.717, 1.165) is 26.1 Å². The zero-order valence-corrected chi connectivity index (χ0v) is 13.2. The van der Waals surface area contributed by atoms with Crippen LogP contribution in [0.5, 0.6) is 0 Å². The number of piperidine rings is 1. The molecule has 0 aromatic heterocycles. The zero-order valence-electron chi connectivity index (χ0n) is 12.4. The lowest BCUT2D eigenvalue weighted by atomic mass is 10.00. The Morgan fingerprint density at radius 3 is 2.74 bits per heavy atom. The van der Waals surface area contributed by atoms with Crippen molar-refractivity contribution in [3.63, 3.8) is 0 Å². The molecule has 0 bridgehead atoms. The van der Waals surface area contributed by atoms with Gasteiger partial charge in [0.2, 0.25) is 5.91 Å². The van der Waals surface area contributed by atoms with Crippen LogP contribution in [0.4, 0.5) is 0 Å². The Morgan fingerprint density at radius 1 is 1.42 bits per heavy atom. The smallest absolute Gasteiger partial charge is 0.248 e. The van der Waals surface area contributed by atoms with E-state index in [1.54, 1.807) is 0 Å². The Hall–Kier alpha value is -0.320. The third-order valence-corrected chi connectivity index (χ3v) is 3.40. The SMILES string of the molecule is CC(C)CCOC(C)C(=O)NCC1CCCNC1.Cl. The van der Waals surface area contributed by atoms with E-state index >= 15 is 0 Å². The van der Waals surface area contributed by atoms with Crippen LogP contribution in [0.2, 0.25) is 0 Å². The predicted octanol–water partition coefficient (Wildman–Crippen LogP) is 1.98. The number of amides is 1. The summed E-state index contributed by atoms with van der Waals surface area (Å²) >= 11 is 0. The van der Waals surface area contributed by atoms with Gasteiger partial charge in [-0.05, 0) is 51.1 Å². The number of carbonyl (C=O) groups excluding carboxylic acids is 1. The highest BCUT2D eigenvalue weighted by molar-refractivity contribution is 5.85. The molecule has 1 fully saturated rings. The maximum atomic E-state index is 11.8. The van der Waals surface area contributed by atoms with Gasteiger partial charge in [0.25, 0.3) is 0 Å². The zero-order chi connectivity index (χ0) is 13.4. The first-order chi connectivity index (χ1) is 8.59. The van der Waals surface area contributed by atoms with Gasteiger partial charge in [0.15, 0.2) is 0 Å². The lowest BCUT2D eigenvalue weighted by molar-refractivity contribution is -0.132. The number of hydrogen-bond donors (Lipinski definition) is 2. The van der Waals surface area contributed by atoms with Crippen LogP contribution in [0.1, 0.15) is 40.0 Å². The van der Waals surface area contributed by atoms with E-state index < -0.39 is 0 Å². The largest absolute Gasteiger partial charge is 0.369 e. The monoisotopic (exact) mass is 292 g/mol. The van der Waals surface area contributed by atoms with Crippen molar-refractivity contribution in [2.75, 3.05) is 26.2 Å². The van der Waals surface area contributed by atoms with Crippen LogP contribution in [-0.2, 0) is 9.53 Å². The average Bonchev–Trinajstić information content (AvgIpc) is 2.36. The molecule has 114 valence electrons. The minimum atomic E-state index is -0.333. The number of carbonyl (C=O) groups is 1. The molecule has 1 aliphatic rings. The lowest BCUT2D eigenvalue weighted by Crippen LogP contribution is -2.41. The fourth-order valence-corrected chi connectivity index (χ4v) is 2.04. The van der Waals surface area contributed by atoms with Crippen molar-refractivity contribution >= 4 is 18.3 Å². The summed E-state index contributed by atoms with van der Waals surface area (Å²) in [7, 11) is 0. The molecule has 19 heavy (non-hydrogen) atoms. The average molecular weight is 293 g/mol. The molecule has 0 aromatic rings. The first-order valence-electron chi connectivity index (χ1n) is 7.19. The molecule has 0 radical (unpaired) electrons. The first-order valence-corrected chi connectivity index (χ1v) is 7.19. The van der Waals surface area contributed by atoms with E-state index in [9.17, 15) is 4.79 Å². The Labute approximate surface area is 123 Å². The predicted molar refractivity (Wildman–Crippen MR) is 80.7 cm³/mol. The highest BCUT2D eigenvalue weighted by Gasteiger charge is 2.17. The standard InChI is InChI=1S/C14H28N2O2.ClH/c1-11(2)6-8-18-12(3)14(17)16-10-13-5-4-7-15-9-13;/h11-13,15H,4-10H2,1-3H3,(H,16,17);1H. The molecule has 1 aliphatic heterocycles. The first kappa shape index (κ1) is 18.7. The van der Waals surface area contributed by atoms with Crippen LogP contribution < -0.4 is 10.6 Å². The van der Waals surface area contributed by atoms with E-state index in [1.165, 1.54) is 12.8 Å². The third kappa shape index (κ3) is 8.45. The molecule has 2 N–H and O–H groups in total. The van der Waals surface area contributed by atoms with Crippen molar-refractivity contribution in [3.8, 4) is 0 Å². The number of nitrogens with one attached hydrogen (secondary N) is 2. The van der Waals surface area contributed by atoms with Gasteiger partial charge in [-0.15, -0.1) is 12.4 Å². The van der Waals surface area contributed by atoms with Crippen LogP contribution in [0, 0.1) is 11.8 Å². The molecule has 0 aromatic carbocycles. The summed E-state index contributed by atoms with van der Waals surface area (Å²) < 4.78 is 5.53. The summed E-state index contributed by atoms with van der Waals surface area (Å²) in [5.41, 5.74) is 0. The number of rotatable bonds is 7. The minimum absolute atomic E-state index is 0. The fraction of sp³-hybridized carbons (Fsp3) is 0.929. The summed E-state index contributed by atoms with van der Waals surface area (Å²) in [6.07, 6.45) is 3.08. The van der Waals surface area contributed by atoms with Gasteiger partial charge in [0, 0.05) is 13.2 Å². The quantitative estimate of drug-likeness (QED) is 0.754. The second-order valence-corrected chi connectivity index (χ2v) is 5.65. The maximum Gasteiger partial charge on any atom is 0.248 e.